The Morgan fingerprint density at radius 3 is 2.76 bits per heavy atom. The van der Waals surface area contributed by atoms with Crippen molar-refractivity contribution in [2.45, 2.75) is 6.42 Å². The monoisotopic (exact) mass is 338 g/mol. The zero-order valence-corrected chi connectivity index (χ0v) is 13.8. The van der Waals surface area contributed by atoms with E-state index in [0.717, 1.165) is 29.9 Å². The smallest absolute Gasteiger partial charge is 0.254 e. The molecule has 0 saturated carbocycles. The lowest BCUT2D eigenvalue weighted by Gasteiger charge is -2.21. The standard InChI is InChI=1S/C19H19FN4O/c20-15-6-3-5-14(13-15)18(25)23-9-4-10-24(12-11-23)19-21-16-7-1-2-8-17(16)22-19/h1-3,5-8,13H,4,9-12H2,(H,21,22). The molecule has 2 aromatic carbocycles. The predicted molar refractivity (Wildman–Crippen MR) is 95.2 cm³/mol. The van der Waals surface area contributed by atoms with E-state index in [0.29, 0.717) is 25.2 Å². The summed E-state index contributed by atoms with van der Waals surface area (Å²) in [6.07, 6.45) is 0.845. The largest absolute Gasteiger partial charge is 0.341 e. The van der Waals surface area contributed by atoms with Gasteiger partial charge in [-0.3, -0.25) is 4.79 Å². The molecule has 6 heteroatoms. The first-order valence-corrected chi connectivity index (χ1v) is 8.45. The quantitative estimate of drug-likeness (QED) is 0.781. The van der Waals surface area contributed by atoms with E-state index in [1.807, 2.05) is 24.3 Å². The fourth-order valence-corrected chi connectivity index (χ4v) is 3.23. The average molecular weight is 338 g/mol. The maximum absolute atomic E-state index is 13.4. The van der Waals surface area contributed by atoms with Crippen LogP contribution in [0.4, 0.5) is 10.3 Å². The highest BCUT2D eigenvalue weighted by Gasteiger charge is 2.22. The minimum Gasteiger partial charge on any atom is -0.341 e. The first kappa shape index (κ1) is 15.6. The summed E-state index contributed by atoms with van der Waals surface area (Å²) < 4.78 is 13.4. The third kappa shape index (κ3) is 3.20. The molecule has 0 spiro atoms. The second-order valence-corrected chi connectivity index (χ2v) is 6.22. The average Bonchev–Trinajstić information content (AvgIpc) is 2.90. The van der Waals surface area contributed by atoms with Crippen LogP contribution in [0, 0.1) is 5.82 Å². The summed E-state index contributed by atoms with van der Waals surface area (Å²) in [4.78, 5) is 24.5. The molecule has 2 heterocycles. The lowest BCUT2D eigenvalue weighted by molar-refractivity contribution is 0.0766. The number of fused-ring (bicyclic) bond motifs is 1. The molecule has 1 saturated heterocycles. The molecule has 1 aromatic heterocycles. The van der Waals surface area contributed by atoms with Crippen LogP contribution < -0.4 is 4.90 Å². The maximum atomic E-state index is 13.4. The molecule has 0 atom stereocenters. The molecule has 1 aliphatic rings. The summed E-state index contributed by atoms with van der Waals surface area (Å²) in [5.41, 5.74) is 2.35. The molecule has 25 heavy (non-hydrogen) atoms. The van der Waals surface area contributed by atoms with Gasteiger partial charge in [0, 0.05) is 31.7 Å². The lowest BCUT2D eigenvalue weighted by Crippen LogP contribution is -2.35. The fraction of sp³-hybridized carbons (Fsp3) is 0.263. The van der Waals surface area contributed by atoms with Crippen LogP contribution in [-0.2, 0) is 0 Å². The number of H-pyrrole nitrogens is 1. The van der Waals surface area contributed by atoms with E-state index in [-0.39, 0.29) is 11.7 Å². The summed E-state index contributed by atoms with van der Waals surface area (Å²) in [5, 5.41) is 0. The van der Waals surface area contributed by atoms with Crippen LogP contribution in [0.5, 0.6) is 0 Å². The van der Waals surface area contributed by atoms with Gasteiger partial charge in [-0.25, -0.2) is 9.37 Å². The van der Waals surface area contributed by atoms with Gasteiger partial charge < -0.3 is 14.8 Å². The molecule has 1 aliphatic heterocycles. The van der Waals surface area contributed by atoms with E-state index in [1.54, 1.807) is 17.0 Å². The van der Waals surface area contributed by atoms with Crippen molar-refractivity contribution < 1.29 is 9.18 Å². The molecule has 0 bridgehead atoms. The molecule has 0 aliphatic carbocycles. The van der Waals surface area contributed by atoms with Gasteiger partial charge in [0.1, 0.15) is 5.82 Å². The number of carbonyl (C=O) groups excluding carboxylic acids is 1. The maximum Gasteiger partial charge on any atom is 0.254 e. The minimum atomic E-state index is -0.385. The van der Waals surface area contributed by atoms with Crippen molar-refractivity contribution in [1.29, 1.82) is 0 Å². The van der Waals surface area contributed by atoms with Crippen molar-refractivity contribution >= 4 is 22.9 Å². The Balaban J connectivity index is 1.49. The Kier molecular flexibility index (Phi) is 4.09. The van der Waals surface area contributed by atoms with Crippen molar-refractivity contribution in [3.63, 3.8) is 0 Å². The molecule has 5 nitrogen and oxygen atoms in total. The van der Waals surface area contributed by atoms with Gasteiger partial charge in [-0.15, -0.1) is 0 Å². The number of halogens is 1. The number of anilines is 1. The van der Waals surface area contributed by atoms with Crippen LogP contribution in [0.25, 0.3) is 11.0 Å². The molecule has 1 N–H and O–H groups in total. The molecular formula is C19H19FN4O. The third-order valence-electron chi connectivity index (χ3n) is 4.53. The van der Waals surface area contributed by atoms with Crippen LogP contribution in [0.2, 0.25) is 0 Å². The molecule has 128 valence electrons. The van der Waals surface area contributed by atoms with Crippen molar-refractivity contribution in [3.05, 3.63) is 59.9 Å². The minimum absolute atomic E-state index is 0.119. The van der Waals surface area contributed by atoms with Crippen molar-refractivity contribution in [3.8, 4) is 0 Å². The van der Waals surface area contributed by atoms with Crippen molar-refractivity contribution in [2.75, 3.05) is 31.1 Å². The number of aromatic amines is 1. The van der Waals surface area contributed by atoms with Crippen LogP contribution in [0.15, 0.2) is 48.5 Å². The van der Waals surface area contributed by atoms with E-state index in [4.69, 9.17) is 0 Å². The lowest BCUT2D eigenvalue weighted by atomic mass is 10.2. The zero-order chi connectivity index (χ0) is 17.2. The van der Waals surface area contributed by atoms with E-state index in [9.17, 15) is 9.18 Å². The van der Waals surface area contributed by atoms with Gasteiger partial charge in [-0.05, 0) is 36.8 Å². The Hall–Kier alpha value is -2.89. The Morgan fingerprint density at radius 2 is 1.92 bits per heavy atom. The van der Waals surface area contributed by atoms with Gasteiger partial charge in [0.05, 0.1) is 11.0 Å². The number of aromatic nitrogens is 2. The number of nitrogens with zero attached hydrogens (tertiary/aromatic N) is 3. The van der Waals surface area contributed by atoms with Crippen LogP contribution in [0.3, 0.4) is 0 Å². The summed E-state index contributed by atoms with van der Waals surface area (Å²) in [7, 11) is 0. The molecule has 0 radical (unpaired) electrons. The van der Waals surface area contributed by atoms with Crippen LogP contribution in [0.1, 0.15) is 16.8 Å². The van der Waals surface area contributed by atoms with Gasteiger partial charge >= 0.3 is 0 Å². The van der Waals surface area contributed by atoms with E-state index in [2.05, 4.69) is 14.9 Å². The Labute approximate surface area is 145 Å². The Morgan fingerprint density at radius 1 is 1.04 bits per heavy atom. The number of benzene rings is 2. The molecular weight excluding hydrogens is 319 g/mol. The number of hydrogen-bond acceptors (Lipinski definition) is 3. The summed E-state index contributed by atoms with van der Waals surface area (Å²) >= 11 is 0. The van der Waals surface area contributed by atoms with E-state index in [1.165, 1.54) is 12.1 Å². The number of hydrogen-bond donors (Lipinski definition) is 1. The zero-order valence-electron chi connectivity index (χ0n) is 13.8. The van der Waals surface area contributed by atoms with Gasteiger partial charge in [0.15, 0.2) is 0 Å². The Bertz CT molecular complexity index is 874. The van der Waals surface area contributed by atoms with Gasteiger partial charge in [-0.2, -0.15) is 0 Å². The van der Waals surface area contributed by atoms with Crippen LogP contribution in [-0.4, -0.2) is 47.0 Å². The fourth-order valence-electron chi connectivity index (χ4n) is 3.23. The molecule has 1 amide bonds. The molecule has 3 aromatic rings. The van der Waals surface area contributed by atoms with Gasteiger partial charge in [-0.1, -0.05) is 18.2 Å². The topological polar surface area (TPSA) is 52.2 Å². The van der Waals surface area contributed by atoms with E-state index >= 15 is 0 Å². The summed E-state index contributed by atoms with van der Waals surface area (Å²) in [6, 6.07) is 13.8. The first-order chi connectivity index (χ1) is 12.2. The predicted octanol–water partition coefficient (Wildman–Crippen LogP) is 3.05. The number of imidazole rings is 1. The SMILES string of the molecule is O=C(c1cccc(F)c1)N1CCCN(c2nc3ccccc3[nH]2)CC1. The second-order valence-electron chi connectivity index (χ2n) is 6.22. The number of nitrogens with one attached hydrogen (secondary N) is 1. The van der Waals surface area contributed by atoms with E-state index < -0.39 is 0 Å². The third-order valence-corrected chi connectivity index (χ3v) is 4.53. The van der Waals surface area contributed by atoms with Gasteiger partial charge in [0.2, 0.25) is 5.95 Å². The highest BCUT2D eigenvalue weighted by atomic mass is 19.1. The van der Waals surface area contributed by atoms with Crippen molar-refractivity contribution in [1.82, 2.24) is 14.9 Å². The normalized spacial score (nSPS) is 15.4. The second kappa shape index (κ2) is 6.55. The number of amides is 1. The highest BCUT2D eigenvalue weighted by molar-refractivity contribution is 5.94. The number of rotatable bonds is 2. The summed E-state index contributed by atoms with van der Waals surface area (Å²) in [6.45, 7) is 2.77. The summed E-state index contributed by atoms with van der Waals surface area (Å²) in [5.74, 6) is 0.330. The molecule has 1 fully saturated rings. The van der Waals surface area contributed by atoms with Gasteiger partial charge in [0.25, 0.3) is 5.91 Å². The number of carbonyl (C=O) groups is 1. The highest BCUT2D eigenvalue weighted by Crippen LogP contribution is 2.19. The van der Waals surface area contributed by atoms with Crippen molar-refractivity contribution in [2.24, 2.45) is 0 Å². The van der Waals surface area contributed by atoms with Crippen LogP contribution >= 0.6 is 0 Å². The molecule has 4 rings (SSSR count). The number of para-hydroxylation sites is 2. The first-order valence-electron chi connectivity index (χ1n) is 8.45. The molecule has 0 unspecified atom stereocenters.